The molecular formula is C22H25F3N2O3S. The molecule has 1 aliphatic heterocycles. The van der Waals surface area contributed by atoms with Crippen LogP contribution in [0.1, 0.15) is 28.7 Å². The Hall–Kier alpha value is -2.39. The van der Waals surface area contributed by atoms with Gasteiger partial charge in [-0.3, -0.25) is 4.79 Å². The number of piperazine rings is 1. The minimum absolute atomic E-state index is 0.0495. The van der Waals surface area contributed by atoms with E-state index in [0.717, 1.165) is 39.2 Å². The summed E-state index contributed by atoms with van der Waals surface area (Å²) in [6, 6.07) is 9.82. The Morgan fingerprint density at radius 1 is 1.00 bits per heavy atom. The third kappa shape index (κ3) is 5.46. The molecule has 0 aromatic heterocycles. The number of carbonyl (C=O) groups is 1. The highest BCUT2D eigenvalue weighted by Crippen LogP contribution is 2.31. The van der Waals surface area contributed by atoms with Crippen molar-refractivity contribution in [2.75, 3.05) is 26.2 Å². The SMILES string of the molecule is Cc1ccc(CCC(=O)N2CCN(S(=O)(=O)c3cccc(C(F)(F)F)c3)CC2)c(C)c1. The first-order valence-corrected chi connectivity index (χ1v) is 11.4. The van der Waals surface area contributed by atoms with Gasteiger partial charge in [-0.05, 0) is 49.6 Å². The Bertz CT molecular complexity index is 1060. The Kier molecular flexibility index (Phi) is 6.76. The number of alkyl halides is 3. The number of amides is 1. The molecule has 0 atom stereocenters. The van der Waals surface area contributed by atoms with E-state index < -0.39 is 26.7 Å². The minimum atomic E-state index is -4.62. The van der Waals surface area contributed by atoms with Gasteiger partial charge in [0.15, 0.2) is 0 Å². The molecule has 2 aromatic carbocycles. The molecule has 2 aromatic rings. The third-order valence-electron chi connectivity index (χ3n) is 5.50. The summed E-state index contributed by atoms with van der Waals surface area (Å²) in [7, 11) is -4.06. The fourth-order valence-electron chi connectivity index (χ4n) is 3.69. The summed E-state index contributed by atoms with van der Waals surface area (Å²) in [6.07, 6.45) is -3.69. The number of halogens is 3. The number of nitrogens with zero attached hydrogens (tertiary/aromatic N) is 2. The van der Waals surface area contributed by atoms with E-state index in [1.807, 2.05) is 26.0 Å². The molecule has 31 heavy (non-hydrogen) atoms. The van der Waals surface area contributed by atoms with Crippen molar-refractivity contribution in [2.24, 2.45) is 0 Å². The monoisotopic (exact) mass is 454 g/mol. The molecule has 1 aliphatic rings. The third-order valence-corrected chi connectivity index (χ3v) is 7.39. The van der Waals surface area contributed by atoms with Gasteiger partial charge in [0, 0.05) is 32.6 Å². The Morgan fingerprint density at radius 2 is 1.68 bits per heavy atom. The number of hydrogen-bond acceptors (Lipinski definition) is 3. The van der Waals surface area contributed by atoms with Crippen LogP contribution in [-0.2, 0) is 27.4 Å². The van der Waals surface area contributed by atoms with Gasteiger partial charge in [-0.1, -0.05) is 29.8 Å². The van der Waals surface area contributed by atoms with Crippen molar-refractivity contribution >= 4 is 15.9 Å². The van der Waals surface area contributed by atoms with E-state index in [1.54, 1.807) is 4.90 Å². The van der Waals surface area contributed by atoms with Gasteiger partial charge in [-0.15, -0.1) is 0 Å². The first-order valence-electron chi connectivity index (χ1n) is 10.00. The van der Waals surface area contributed by atoms with Gasteiger partial charge < -0.3 is 4.90 Å². The molecule has 1 fully saturated rings. The lowest BCUT2D eigenvalue weighted by Gasteiger charge is -2.34. The molecule has 0 saturated carbocycles. The summed E-state index contributed by atoms with van der Waals surface area (Å²) in [5.74, 6) is -0.0592. The highest BCUT2D eigenvalue weighted by atomic mass is 32.2. The highest BCUT2D eigenvalue weighted by molar-refractivity contribution is 7.89. The number of carbonyl (C=O) groups excluding carboxylic acids is 1. The van der Waals surface area contributed by atoms with Crippen molar-refractivity contribution in [3.05, 3.63) is 64.7 Å². The molecule has 0 unspecified atom stereocenters. The van der Waals surface area contributed by atoms with Crippen LogP contribution in [0.3, 0.4) is 0 Å². The zero-order valence-corrected chi connectivity index (χ0v) is 18.3. The van der Waals surface area contributed by atoms with Crippen LogP contribution < -0.4 is 0 Å². The molecule has 1 heterocycles. The van der Waals surface area contributed by atoms with Crippen molar-refractivity contribution in [1.29, 1.82) is 0 Å². The standard InChI is InChI=1S/C22H25F3N2O3S/c1-16-6-7-18(17(2)14-16)8-9-21(28)26-10-12-27(13-11-26)31(29,30)20-5-3-4-19(15-20)22(23,24)25/h3-7,14-15H,8-13H2,1-2H3. The molecule has 0 radical (unpaired) electrons. The van der Waals surface area contributed by atoms with E-state index in [9.17, 15) is 26.4 Å². The van der Waals surface area contributed by atoms with Gasteiger partial charge in [-0.2, -0.15) is 17.5 Å². The lowest BCUT2D eigenvalue weighted by atomic mass is 10.0. The predicted octanol–water partition coefficient (Wildman–Crippen LogP) is 3.79. The van der Waals surface area contributed by atoms with Crippen molar-refractivity contribution in [2.45, 2.75) is 37.8 Å². The van der Waals surface area contributed by atoms with Crippen LogP contribution in [0.15, 0.2) is 47.4 Å². The van der Waals surface area contributed by atoms with Crippen molar-refractivity contribution in [1.82, 2.24) is 9.21 Å². The lowest BCUT2D eigenvalue weighted by Crippen LogP contribution is -2.50. The number of sulfonamides is 1. The molecule has 168 valence electrons. The second-order valence-corrected chi connectivity index (χ2v) is 9.68. The molecule has 0 spiro atoms. The van der Waals surface area contributed by atoms with Gasteiger partial charge in [0.05, 0.1) is 10.5 Å². The average Bonchev–Trinajstić information content (AvgIpc) is 2.72. The first kappa shape index (κ1) is 23.3. The highest BCUT2D eigenvalue weighted by Gasteiger charge is 2.34. The van der Waals surface area contributed by atoms with Crippen molar-refractivity contribution < 1.29 is 26.4 Å². The summed E-state index contributed by atoms with van der Waals surface area (Å²) in [5.41, 5.74) is 2.38. The minimum Gasteiger partial charge on any atom is -0.340 e. The summed E-state index contributed by atoms with van der Waals surface area (Å²) < 4.78 is 65.5. The maximum atomic E-state index is 12.9. The van der Waals surface area contributed by atoms with E-state index in [1.165, 1.54) is 0 Å². The molecule has 0 bridgehead atoms. The van der Waals surface area contributed by atoms with Crippen LogP contribution in [0, 0.1) is 13.8 Å². The average molecular weight is 455 g/mol. The van der Waals surface area contributed by atoms with Crippen LogP contribution in [0.4, 0.5) is 13.2 Å². The number of hydrogen-bond donors (Lipinski definition) is 0. The Labute approximate surface area is 180 Å². The summed E-state index contributed by atoms with van der Waals surface area (Å²) in [5, 5.41) is 0. The van der Waals surface area contributed by atoms with E-state index in [-0.39, 0.29) is 32.1 Å². The Morgan fingerprint density at radius 3 is 2.29 bits per heavy atom. The maximum absolute atomic E-state index is 12.9. The quantitative estimate of drug-likeness (QED) is 0.691. The fraction of sp³-hybridized carbons (Fsp3) is 0.409. The number of benzene rings is 2. The molecule has 0 aliphatic carbocycles. The van der Waals surface area contributed by atoms with Gasteiger partial charge in [0.25, 0.3) is 0 Å². The first-order chi connectivity index (χ1) is 14.5. The second kappa shape index (κ2) is 9.00. The zero-order chi connectivity index (χ0) is 22.8. The van der Waals surface area contributed by atoms with Crippen LogP contribution in [0.5, 0.6) is 0 Å². The number of aryl methyl sites for hydroxylation is 3. The van der Waals surface area contributed by atoms with Gasteiger partial charge in [0.2, 0.25) is 15.9 Å². The molecule has 5 nitrogen and oxygen atoms in total. The fourth-order valence-corrected chi connectivity index (χ4v) is 5.15. The topological polar surface area (TPSA) is 57.7 Å². The van der Waals surface area contributed by atoms with Crippen molar-refractivity contribution in [3.63, 3.8) is 0 Å². The molecule has 3 rings (SSSR count). The molecule has 1 saturated heterocycles. The second-order valence-electron chi connectivity index (χ2n) is 7.74. The van der Waals surface area contributed by atoms with Gasteiger partial charge in [0.1, 0.15) is 0 Å². The van der Waals surface area contributed by atoms with Gasteiger partial charge in [-0.25, -0.2) is 8.42 Å². The smallest absolute Gasteiger partial charge is 0.340 e. The van der Waals surface area contributed by atoms with Crippen LogP contribution in [0.2, 0.25) is 0 Å². The van der Waals surface area contributed by atoms with E-state index in [2.05, 4.69) is 6.07 Å². The lowest BCUT2D eigenvalue weighted by molar-refractivity contribution is -0.137. The van der Waals surface area contributed by atoms with E-state index in [0.29, 0.717) is 18.9 Å². The van der Waals surface area contributed by atoms with Crippen LogP contribution in [-0.4, -0.2) is 49.7 Å². The number of rotatable bonds is 5. The molecule has 0 N–H and O–H groups in total. The summed E-state index contributed by atoms with van der Waals surface area (Å²) in [6.45, 7) is 4.54. The molecular weight excluding hydrogens is 429 g/mol. The summed E-state index contributed by atoms with van der Waals surface area (Å²) in [4.78, 5) is 13.8. The summed E-state index contributed by atoms with van der Waals surface area (Å²) >= 11 is 0. The maximum Gasteiger partial charge on any atom is 0.416 e. The predicted molar refractivity (Wildman–Crippen MR) is 111 cm³/mol. The van der Waals surface area contributed by atoms with E-state index in [4.69, 9.17) is 0 Å². The largest absolute Gasteiger partial charge is 0.416 e. The van der Waals surface area contributed by atoms with Crippen LogP contribution in [0.25, 0.3) is 0 Å². The normalized spacial score (nSPS) is 15.8. The zero-order valence-electron chi connectivity index (χ0n) is 17.4. The van der Waals surface area contributed by atoms with Crippen molar-refractivity contribution in [3.8, 4) is 0 Å². The van der Waals surface area contributed by atoms with E-state index >= 15 is 0 Å². The molecule has 9 heteroatoms. The Balaban J connectivity index is 1.60. The van der Waals surface area contributed by atoms with Crippen LogP contribution >= 0.6 is 0 Å². The molecule has 1 amide bonds. The van der Waals surface area contributed by atoms with Gasteiger partial charge >= 0.3 is 6.18 Å².